The zero-order valence-electron chi connectivity index (χ0n) is 16.0. The molecule has 28 heavy (non-hydrogen) atoms. The van der Waals surface area contributed by atoms with Gasteiger partial charge in [-0.25, -0.2) is 14.6 Å². The average Bonchev–Trinajstić information content (AvgIpc) is 3.61. The van der Waals surface area contributed by atoms with Crippen LogP contribution in [0.1, 0.15) is 65.6 Å². The van der Waals surface area contributed by atoms with E-state index in [1.807, 2.05) is 30.7 Å². The molecular formula is C22H21N5O. The van der Waals surface area contributed by atoms with Crippen molar-refractivity contribution in [1.29, 1.82) is 5.26 Å². The van der Waals surface area contributed by atoms with Crippen molar-refractivity contribution in [3.8, 4) is 23.3 Å². The Morgan fingerprint density at radius 3 is 2.25 bits per heavy atom. The van der Waals surface area contributed by atoms with Gasteiger partial charge < -0.3 is 4.74 Å². The van der Waals surface area contributed by atoms with Crippen LogP contribution in [0, 0.1) is 25.2 Å². The van der Waals surface area contributed by atoms with E-state index >= 15 is 0 Å². The molecule has 3 aromatic rings. The Morgan fingerprint density at radius 1 is 1.04 bits per heavy atom. The SMILES string of the molecule is Cc1cc(Oc2c(C3CC3)nn(-c3cncnc3)c2C2CC2)cc(C)c1C#N. The van der Waals surface area contributed by atoms with E-state index < -0.39 is 0 Å². The van der Waals surface area contributed by atoms with Gasteiger partial charge in [-0.2, -0.15) is 10.4 Å². The van der Waals surface area contributed by atoms with Crippen LogP contribution in [0.2, 0.25) is 0 Å². The van der Waals surface area contributed by atoms with E-state index in [4.69, 9.17) is 9.84 Å². The molecule has 0 amide bonds. The van der Waals surface area contributed by atoms with Crippen molar-refractivity contribution < 1.29 is 4.74 Å². The van der Waals surface area contributed by atoms with Crippen molar-refractivity contribution in [2.24, 2.45) is 0 Å². The molecule has 2 aromatic heterocycles. The van der Waals surface area contributed by atoms with Gasteiger partial charge in [0.15, 0.2) is 5.75 Å². The largest absolute Gasteiger partial charge is 0.453 e. The summed E-state index contributed by atoms with van der Waals surface area (Å²) in [6.07, 6.45) is 9.70. The maximum Gasteiger partial charge on any atom is 0.172 e. The van der Waals surface area contributed by atoms with Crippen LogP contribution in [0.3, 0.4) is 0 Å². The number of ether oxygens (including phenoxy) is 1. The van der Waals surface area contributed by atoms with E-state index in [0.29, 0.717) is 17.4 Å². The first-order valence-corrected chi connectivity index (χ1v) is 9.73. The van der Waals surface area contributed by atoms with Gasteiger partial charge in [0.05, 0.1) is 29.7 Å². The summed E-state index contributed by atoms with van der Waals surface area (Å²) in [5, 5.41) is 14.3. The summed E-state index contributed by atoms with van der Waals surface area (Å²) < 4.78 is 8.45. The maximum atomic E-state index is 9.34. The van der Waals surface area contributed by atoms with Gasteiger partial charge in [0, 0.05) is 11.8 Å². The third-order valence-corrected chi connectivity index (χ3v) is 5.46. The average molecular weight is 371 g/mol. The first-order chi connectivity index (χ1) is 13.7. The lowest BCUT2D eigenvalue weighted by molar-refractivity contribution is 0.469. The van der Waals surface area contributed by atoms with Crippen LogP contribution in [-0.2, 0) is 0 Å². The van der Waals surface area contributed by atoms with Gasteiger partial charge in [-0.05, 0) is 62.8 Å². The predicted molar refractivity (Wildman–Crippen MR) is 104 cm³/mol. The van der Waals surface area contributed by atoms with Crippen LogP contribution in [0.25, 0.3) is 5.69 Å². The lowest BCUT2D eigenvalue weighted by Gasteiger charge is -2.12. The zero-order chi connectivity index (χ0) is 19.3. The number of rotatable bonds is 5. The number of nitrogens with zero attached hydrogens (tertiary/aromatic N) is 5. The van der Waals surface area contributed by atoms with Gasteiger partial charge >= 0.3 is 0 Å². The highest BCUT2D eigenvalue weighted by Gasteiger charge is 2.39. The lowest BCUT2D eigenvalue weighted by Crippen LogP contribution is -2.03. The van der Waals surface area contributed by atoms with Crippen LogP contribution in [0.4, 0.5) is 0 Å². The summed E-state index contributed by atoms with van der Waals surface area (Å²) in [6, 6.07) is 6.17. The molecule has 1 aromatic carbocycles. The Morgan fingerprint density at radius 2 is 1.68 bits per heavy atom. The predicted octanol–water partition coefficient (Wildman–Crippen LogP) is 4.70. The molecular weight excluding hydrogens is 350 g/mol. The number of hydrogen-bond donors (Lipinski definition) is 0. The lowest BCUT2D eigenvalue weighted by atomic mass is 10.0. The summed E-state index contributed by atoms with van der Waals surface area (Å²) in [5.41, 5.74) is 5.61. The molecule has 6 nitrogen and oxygen atoms in total. The number of aromatic nitrogens is 4. The van der Waals surface area contributed by atoms with E-state index in [0.717, 1.165) is 65.4 Å². The number of nitriles is 1. The van der Waals surface area contributed by atoms with Gasteiger partial charge in [0.2, 0.25) is 0 Å². The highest BCUT2D eigenvalue weighted by molar-refractivity contribution is 5.52. The fraction of sp³-hybridized carbons (Fsp3) is 0.364. The van der Waals surface area contributed by atoms with Crippen molar-refractivity contribution in [2.75, 3.05) is 0 Å². The van der Waals surface area contributed by atoms with Crippen molar-refractivity contribution in [2.45, 2.75) is 51.4 Å². The second kappa shape index (κ2) is 6.45. The van der Waals surface area contributed by atoms with E-state index in [9.17, 15) is 5.26 Å². The molecule has 0 spiro atoms. The Labute approximate surface area is 163 Å². The van der Waals surface area contributed by atoms with Crippen molar-refractivity contribution in [3.63, 3.8) is 0 Å². The minimum Gasteiger partial charge on any atom is -0.453 e. The van der Waals surface area contributed by atoms with Gasteiger partial charge in [0.25, 0.3) is 0 Å². The standard InChI is InChI=1S/C22H21N5O/c1-13-7-18(8-14(2)19(13)9-23)28-22-20(15-3-4-15)26-27(21(22)16-5-6-16)17-10-24-12-25-11-17/h7-8,10-12,15-16H,3-6H2,1-2H3. The summed E-state index contributed by atoms with van der Waals surface area (Å²) in [5.74, 6) is 2.56. The van der Waals surface area contributed by atoms with E-state index in [-0.39, 0.29) is 0 Å². The molecule has 2 fully saturated rings. The minimum absolute atomic E-state index is 0.454. The molecule has 140 valence electrons. The van der Waals surface area contributed by atoms with E-state index in [1.54, 1.807) is 12.4 Å². The normalized spacial score (nSPS) is 16.0. The molecule has 5 rings (SSSR count). The monoisotopic (exact) mass is 371 g/mol. The molecule has 2 aliphatic rings. The Kier molecular flexibility index (Phi) is 3.90. The fourth-order valence-electron chi connectivity index (χ4n) is 3.75. The van der Waals surface area contributed by atoms with Gasteiger partial charge in [-0.1, -0.05) is 0 Å². The van der Waals surface area contributed by atoms with Crippen LogP contribution < -0.4 is 4.74 Å². The van der Waals surface area contributed by atoms with Crippen LogP contribution in [-0.4, -0.2) is 19.7 Å². The molecule has 6 heteroatoms. The Bertz CT molecular complexity index is 1070. The number of benzene rings is 1. The fourth-order valence-corrected chi connectivity index (χ4v) is 3.75. The quantitative estimate of drug-likeness (QED) is 0.650. The third-order valence-electron chi connectivity index (χ3n) is 5.46. The molecule has 0 aliphatic heterocycles. The molecule has 0 bridgehead atoms. The molecule has 0 radical (unpaired) electrons. The van der Waals surface area contributed by atoms with Crippen LogP contribution in [0.5, 0.6) is 11.5 Å². The highest BCUT2D eigenvalue weighted by Crippen LogP contribution is 2.52. The second-order valence-corrected chi connectivity index (χ2v) is 7.80. The summed E-state index contributed by atoms with van der Waals surface area (Å²) >= 11 is 0. The second-order valence-electron chi connectivity index (χ2n) is 7.80. The first kappa shape index (κ1) is 16.9. The van der Waals surface area contributed by atoms with Crippen molar-refractivity contribution >= 4 is 0 Å². The third kappa shape index (κ3) is 2.93. The van der Waals surface area contributed by atoms with Gasteiger partial charge in [0.1, 0.15) is 23.5 Å². The topological polar surface area (TPSA) is 76.6 Å². The number of hydrogen-bond acceptors (Lipinski definition) is 5. The van der Waals surface area contributed by atoms with Crippen molar-refractivity contribution in [3.05, 3.63) is 58.9 Å². The molecule has 2 aliphatic carbocycles. The Hall–Kier alpha value is -3.20. The van der Waals surface area contributed by atoms with Gasteiger partial charge in [-0.3, -0.25) is 0 Å². The Balaban J connectivity index is 1.63. The van der Waals surface area contributed by atoms with Crippen molar-refractivity contribution in [1.82, 2.24) is 19.7 Å². The molecule has 2 saturated carbocycles. The van der Waals surface area contributed by atoms with Crippen LogP contribution >= 0.6 is 0 Å². The maximum absolute atomic E-state index is 9.34. The zero-order valence-corrected chi connectivity index (χ0v) is 16.0. The summed E-state index contributed by atoms with van der Waals surface area (Å²) in [6.45, 7) is 3.90. The van der Waals surface area contributed by atoms with Gasteiger partial charge in [-0.15, -0.1) is 0 Å². The number of aryl methyl sites for hydroxylation is 2. The summed E-state index contributed by atoms with van der Waals surface area (Å²) in [7, 11) is 0. The molecule has 0 unspecified atom stereocenters. The highest BCUT2D eigenvalue weighted by atomic mass is 16.5. The van der Waals surface area contributed by atoms with E-state index in [2.05, 4.69) is 16.0 Å². The molecule has 2 heterocycles. The first-order valence-electron chi connectivity index (χ1n) is 9.73. The minimum atomic E-state index is 0.454. The smallest absolute Gasteiger partial charge is 0.172 e. The van der Waals surface area contributed by atoms with Crippen LogP contribution in [0.15, 0.2) is 30.9 Å². The molecule has 0 saturated heterocycles. The molecule has 0 atom stereocenters. The summed E-state index contributed by atoms with van der Waals surface area (Å²) in [4.78, 5) is 8.33. The van der Waals surface area contributed by atoms with E-state index in [1.165, 1.54) is 6.33 Å². The molecule has 0 N–H and O–H groups in total.